The van der Waals surface area contributed by atoms with E-state index in [0.29, 0.717) is 12.1 Å². The number of carbonyl (C=O) groups is 2. The van der Waals surface area contributed by atoms with Gasteiger partial charge in [0.2, 0.25) is 11.7 Å². The normalized spacial score (nSPS) is 21.1. The number of aliphatic imine (C=N–C) groups is 1. The fraction of sp³-hybridized carbons (Fsp3) is 0.550. The van der Waals surface area contributed by atoms with Gasteiger partial charge in [-0.3, -0.25) is 4.79 Å². The summed E-state index contributed by atoms with van der Waals surface area (Å²) in [4.78, 5) is 31.9. The molecule has 3 atom stereocenters. The Balaban J connectivity index is 1.67. The molecule has 1 saturated heterocycles. The number of nitrogens with zero attached hydrogens (tertiary/aromatic N) is 4. The monoisotopic (exact) mass is 494 g/mol. The molecule has 2 aliphatic rings. The highest BCUT2D eigenvalue weighted by Crippen LogP contribution is 2.30. The fourth-order valence-electron chi connectivity index (χ4n) is 3.91. The van der Waals surface area contributed by atoms with Gasteiger partial charge in [0.15, 0.2) is 11.6 Å². The molecule has 1 aromatic rings. The Labute approximate surface area is 191 Å². The average molecular weight is 494 g/mol. The van der Waals surface area contributed by atoms with Crippen molar-refractivity contribution in [2.45, 2.75) is 37.3 Å². The minimum atomic E-state index is -4.74. The Morgan fingerprint density at radius 1 is 1.18 bits per heavy atom. The summed E-state index contributed by atoms with van der Waals surface area (Å²) in [5, 5.41) is 2.42. The van der Waals surface area contributed by atoms with Crippen LogP contribution in [0.2, 0.25) is 0 Å². The third-order valence-corrected chi connectivity index (χ3v) is 5.61. The lowest BCUT2D eigenvalue weighted by Gasteiger charge is -2.41. The molecule has 1 aromatic carbocycles. The van der Waals surface area contributed by atoms with E-state index in [1.165, 1.54) is 19.0 Å². The van der Waals surface area contributed by atoms with E-state index in [-0.39, 0.29) is 38.0 Å². The molecular formula is C20H24F6N6O2. The Kier molecular flexibility index (Phi) is 7.29. The van der Waals surface area contributed by atoms with Gasteiger partial charge in [-0.2, -0.15) is 13.2 Å². The van der Waals surface area contributed by atoms with E-state index in [1.807, 2.05) is 0 Å². The number of fused-ring (bicyclic) bond motifs is 1. The van der Waals surface area contributed by atoms with Crippen LogP contribution in [0.5, 0.6) is 0 Å². The molecule has 0 radical (unpaired) electrons. The third-order valence-electron chi connectivity index (χ3n) is 5.61. The second-order valence-corrected chi connectivity index (χ2v) is 8.37. The first-order valence-corrected chi connectivity index (χ1v) is 10.3. The molecule has 8 nitrogen and oxygen atoms in total. The van der Waals surface area contributed by atoms with Crippen LogP contribution in [0.4, 0.5) is 31.1 Å². The highest BCUT2D eigenvalue weighted by atomic mass is 19.4. The van der Waals surface area contributed by atoms with Crippen LogP contribution in [0.15, 0.2) is 17.1 Å². The SMILES string of the molecule is CN(C)C(=O)NC1N=C(C(F)(F)F)N2CCN(C(=O)CC(N)Cc3cc(F)c(F)cc3F)CC12. The molecule has 188 valence electrons. The summed E-state index contributed by atoms with van der Waals surface area (Å²) < 4.78 is 80.7. The molecule has 3 rings (SSSR count). The number of halogens is 6. The van der Waals surface area contributed by atoms with E-state index < -0.39 is 59.7 Å². The van der Waals surface area contributed by atoms with Crippen LogP contribution >= 0.6 is 0 Å². The Hall–Kier alpha value is -3.03. The van der Waals surface area contributed by atoms with Crippen LogP contribution in [-0.4, -0.2) is 90.6 Å². The summed E-state index contributed by atoms with van der Waals surface area (Å²) in [6.07, 6.45) is -6.51. The van der Waals surface area contributed by atoms with Crippen molar-refractivity contribution in [3.05, 3.63) is 35.1 Å². The first-order chi connectivity index (χ1) is 15.8. The van der Waals surface area contributed by atoms with Gasteiger partial charge < -0.3 is 25.8 Å². The molecule has 0 bridgehead atoms. The standard InChI is InChI=1S/C20H24F6N6O2/c1-30(2)19(34)29-17-15-9-31(3-4-32(15)18(28-17)20(24,25)26)16(33)7-11(27)5-10-6-13(22)14(23)8-12(10)21/h6,8,11,15,17H,3-5,7,9,27H2,1-2H3,(H,29,34). The van der Waals surface area contributed by atoms with Crippen LogP contribution < -0.4 is 11.1 Å². The third kappa shape index (κ3) is 5.54. The number of nitrogens with one attached hydrogen (secondary N) is 1. The fourth-order valence-corrected chi connectivity index (χ4v) is 3.91. The van der Waals surface area contributed by atoms with Crippen LogP contribution in [0, 0.1) is 17.5 Å². The van der Waals surface area contributed by atoms with Gasteiger partial charge in [0.1, 0.15) is 12.0 Å². The van der Waals surface area contributed by atoms with E-state index in [2.05, 4.69) is 10.3 Å². The minimum Gasteiger partial charge on any atom is -0.342 e. The van der Waals surface area contributed by atoms with Crippen LogP contribution in [0.3, 0.4) is 0 Å². The van der Waals surface area contributed by atoms with Crippen LogP contribution in [-0.2, 0) is 11.2 Å². The highest BCUT2D eigenvalue weighted by molar-refractivity contribution is 5.90. The van der Waals surface area contributed by atoms with E-state index in [9.17, 15) is 35.9 Å². The Morgan fingerprint density at radius 2 is 1.82 bits per heavy atom. The molecule has 2 aliphatic heterocycles. The Morgan fingerprint density at radius 3 is 2.44 bits per heavy atom. The van der Waals surface area contributed by atoms with Gasteiger partial charge in [-0.25, -0.2) is 23.0 Å². The number of nitrogens with two attached hydrogens (primary N) is 1. The summed E-state index contributed by atoms with van der Waals surface area (Å²) >= 11 is 0. The summed E-state index contributed by atoms with van der Waals surface area (Å²) in [7, 11) is 2.84. The van der Waals surface area contributed by atoms with Gasteiger partial charge in [-0.15, -0.1) is 0 Å². The van der Waals surface area contributed by atoms with Gasteiger partial charge in [-0.05, 0) is 18.1 Å². The number of alkyl halides is 3. The minimum absolute atomic E-state index is 0.0506. The van der Waals surface area contributed by atoms with Gasteiger partial charge >= 0.3 is 12.2 Å². The molecule has 2 heterocycles. The number of piperazine rings is 1. The number of hydrogen-bond acceptors (Lipinski definition) is 5. The zero-order chi connectivity index (χ0) is 25.4. The van der Waals surface area contributed by atoms with Gasteiger partial charge in [-0.1, -0.05) is 0 Å². The number of urea groups is 1. The maximum absolute atomic E-state index is 13.9. The van der Waals surface area contributed by atoms with Crippen molar-refractivity contribution in [1.82, 2.24) is 20.0 Å². The number of carbonyl (C=O) groups excluding carboxylic acids is 2. The zero-order valence-electron chi connectivity index (χ0n) is 18.4. The quantitative estimate of drug-likeness (QED) is 0.479. The van der Waals surface area contributed by atoms with E-state index >= 15 is 0 Å². The molecule has 1 fully saturated rings. The first kappa shape index (κ1) is 25.6. The van der Waals surface area contributed by atoms with Crippen molar-refractivity contribution in [2.24, 2.45) is 10.7 Å². The molecule has 0 aromatic heterocycles. The topological polar surface area (TPSA) is 94.3 Å². The van der Waals surface area contributed by atoms with Gasteiger partial charge in [0.05, 0.1) is 6.04 Å². The molecule has 3 unspecified atom stereocenters. The van der Waals surface area contributed by atoms with Crippen molar-refractivity contribution in [2.75, 3.05) is 33.7 Å². The number of benzene rings is 1. The second kappa shape index (κ2) is 9.68. The van der Waals surface area contributed by atoms with Crippen molar-refractivity contribution in [3.63, 3.8) is 0 Å². The van der Waals surface area contributed by atoms with E-state index in [0.717, 1.165) is 9.80 Å². The molecule has 0 spiro atoms. The predicted molar refractivity (Wildman–Crippen MR) is 109 cm³/mol. The summed E-state index contributed by atoms with van der Waals surface area (Å²) in [6, 6.07) is -1.48. The molecule has 14 heteroatoms. The summed E-state index contributed by atoms with van der Waals surface area (Å²) in [5.74, 6) is -5.24. The van der Waals surface area contributed by atoms with Gasteiger partial charge in [0, 0.05) is 52.3 Å². The number of rotatable bonds is 5. The second-order valence-electron chi connectivity index (χ2n) is 8.37. The maximum Gasteiger partial charge on any atom is 0.449 e. The van der Waals surface area contributed by atoms with Crippen molar-refractivity contribution < 1.29 is 35.9 Å². The molecule has 0 aliphatic carbocycles. The van der Waals surface area contributed by atoms with E-state index in [4.69, 9.17) is 5.73 Å². The zero-order valence-corrected chi connectivity index (χ0v) is 18.4. The van der Waals surface area contributed by atoms with E-state index in [1.54, 1.807) is 0 Å². The molecular weight excluding hydrogens is 470 g/mol. The lowest BCUT2D eigenvalue weighted by molar-refractivity contribution is -0.134. The van der Waals surface area contributed by atoms with Crippen molar-refractivity contribution in [3.8, 4) is 0 Å². The molecule has 3 amide bonds. The first-order valence-electron chi connectivity index (χ1n) is 10.3. The number of hydrogen-bond donors (Lipinski definition) is 2. The summed E-state index contributed by atoms with van der Waals surface area (Å²) in [6.45, 7) is -0.381. The lowest BCUT2D eigenvalue weighted by Crippen LogP contribution is -2.61. The van der Waals surface area contributed by atoms with Crippen LogP contribution in [0.25, 0.3) is 0 Å². The van der Waals surface area contributed by atoms with Crippen molar-refractivity contribution in [1.29, 1.82) is 0 Å². The average Bonchev–Trinajstić information content (AvgIpc) is 3.10. The predicted octanol–water partition coefficient (Wildman–Crippen LogP) is 1.45. The van der Waals surface area contributed by atoms with Gasteiger partial charge in [0.25, 0.3) is 0 Å². The summed E-state index contributed by atoms with van der Waals surface area (Å²) in [5.41, 5.74) is 5.71. The van der Waals surface area contributed by atoms with Crippen molar-refractivity contribution >= 4 is 17.8 Å². The molecule has 0 saturated carbocycles. The maximum atomic E-state index is 13.9. The Bertz CT molecular complexity index is 985. The number of amidine groups is 1. The van der Waals surface area contributed by atoms with Crippen LogP contribution in [0.1, 0.15) is 12.0 Å². The molecule has 34 heavy (non-hydrogen) atoms. The lowest BCUT2D eigenvalue weighted by atomic mass is 10.0. The smallest absolute Gasteiger partial charge is 0.342 e. The largest absolute Gasteiger partial charge is 0.449 e. The molecule has 3 N–H and O–H groups in total. The number of amides is 3. The highest BCUT2D eigenvalue weighted by Gasteiger charge is 2.51.